The molecule has 2 aliphatic heterocycles. The molecule has 2 N–H and O–H groups in total. The maximum atomic E-state index is 13.8. The average Bonchev–Trinajstić information content (AvgIpc) is 3.55. The van der Waals surface area contributed by atoms with Crippen LogP contribution in [0.4, 0.5) is 11.4 Å². The first-order chi connectivity index (χ1) is 20.9. The number of nitrogens with zero attached hydrogens (tertiary/aromatic N) is 4. The molecule has 3 aromatic rings. The lowest BCUT2D eigenvalue weighted by molar-refractivity contribution is -0.137. The Labute approximate surface area is 260 Å². The van der Waals surface area contributed by atoms with E-state index >= 15 is 0 Å². The molecule has 0 radical (unpaired) electrons. The maximum Gasteiger partial charge on any atom is 0.272 e. The van der Waals surface area contributed by atoms with E-state index in [1.165, 1.54) is 14.0 Å². The predicted molar refractivity (Wildman–Crippen MR) is 174 cm³/mol. The van der Waals surface area contributed by atoms with Crippen LogP contribution in [0.25, 0.3) is 10.9 Å². The molecule has 2 aromatic carbocycles. The predicted octanol–water partition coefficient (Wildman–Crippen LogP) is 4.43. The lowest BCUT2D eigenvalue weighted by Gasteiger charge is -2.37. The molecule has 1 atom stereocenters. The first-order valence-electron chi connectivity index (χ1n) is 15.5. The van der Waals surface area contributed by atoms with Gasteiger partial charge in [0.2, 0.25) is 11.8 Å². The SMILES string of the molecule is COc1c(NC(C)=O)cc(C(C)(C)C)cc1NC(=O)c1cc2cccc(CN3CCN(C(=O)[C@@H]4CCCN4C)CC3)c2n1C. The topological polar surface area (TPSA) is 99.1 Å². The number of piperazine rings is 1. The number of hydrogen-bond acceptors (Lipinski definition) is 6. The van der Waals surface area contributed by atoms with Gasteiger partial charge < -0.3 is 24.8 Å². The summed E-state index contributed by atoms with van der Waals surface area (Å²) in [7, 11) is 5.49. The molecule has 0 unspecified atom stereocenters. The highest BCUT2D eigenvalue weighted by atomic mass is 16.5. The van der Waals surface area contributed by atoms with E-state index in [9.17, 15) is 14.4 Å². The fourth-order valence-corrected chi connectivity index (χ4v) is 6.49. The van der Waals surface area contributed by atoms with Crippen LogP contribution in [0.3, 0.4) is 0 Å². The van der Waals surface area contributed by atoms with Crippen molar-refractivity contribution in [1.82, 2.24) is 19.3 Å². The van der Waals surface area contributed by atoms with Crippen molar-refractivity contribution in [2.24, 2.45) is 7.05 Å². The van der Waals surface area contributed by atoms with Crippen LogP contribution in [0.5, 0.6) is 5.75 Å². The van der Waals surface area contributed by atoms with Gasteiger partial charge in [-0.25, -0.2) is 0 Å². The van der Waals surface area contributed by atoms with Gasteiger partial charge in [-0.2, -0.15) is 0 Å². The highest BCUT2D eigenvalue weighted by Crippen LogP contribution is 2.39. The third-order valence-corrected chi connectivity index (χ3v) is 8.97. The summed E-state index contributed by atoms with van der Waals surface area (Å²) in [4.78, 5) is 45.4. The fourth-order valence-electron chi connectivity index (χ4n) is 6.49. The number of para-hydroxylation sites is 1. The van der Waals surface area contributed by atoms with E-state index in [1.807, 2.05) is 53.9 Å². The lowest BCUT2D eigenvalue weighted by Crippen LogP contribution is -2.52. The van der Waals surface area contributed by atoms with Crippen LogP contribution < -0.4 is 15.4 Å². The van der Waals surface area contributed by atoms with E-state index in [1.54, 1.807) is 0 Å². The number of rotatable bonds is 7. The Morgan fingerprint density at radius 1 is 0.955 bits per heavy atom. The van der Waals surface area contributed by atoms with Crippen LogP contribution in [0, 0.1) is 0 Å². The molecule has 0 bridgehead atoms. The Bertz CT molecular complexity index is 1560. The van der Waals surface area contributed by atoms with E-state index in [0.717, 1.165) is 74.1 Å². The summed E-state index contributed by atoms with van der Waals surface area (Å²) in [5.74, 6) is 0.177. The molecule has 3 heterocycles. The molecule has 2 fully saturated rings. The number of amides is 3. The number of anilines is 2. The normalized spacial score (nSPS) is 18.1. The molecule has 2 aliphatic rings. The van der Waals surface area contributed by atoms with Crippen LogP contribution >= 0.6 is 0 Å². The molecule has 0 spiro atoms. The number of aryl methyl sites for hydroxylation is 1. The highest BCUT2D eigenvalue weighted by molar-refractivity contribution is 6.08. The van der Waals surface area contributed by atoms with Crippen molar-refractivity contribution in [3.8, 4) is 5.75 Å². The summed E-state index contributed by atoms with van der Waals surface area (Å²) < 4.78 is 7.61. The molecule has 236 valence electrons. The van der Waals surface area contributed by atoms with Crippen LogP contribution in [0.1, 0.15) is 62.2 Å². The minimum atomic E-state index is -0.267. The number of benzene rings is 2. The highest BCUT2D eigenvalue weighted by Gasteiger charge is 2.33. The maximum absolute atomic E-state index is 13.8. The second-order valence-electron chi connectivity index (χ2n) is 13.2. The number of hydrogen-bond donors (Lipinski definition) is 2. The Morgan fingerprint density at radius 3 is 2.23 bits per heavy atom. The van der Waals surface area contributed by atoms with E-state index in [4.69, 9.17) is 4.74 Å². The largest absolute Gasteiger partial charge is 0.492 e. The van der Waals surface area contributed by atoms with E-state index in [0.29, 0.717) is 22.8 Å². The van der Waals surface area contributed by atoms with Gasteiger partial charge in [0.15, 0.2) is 5.75 Å². The smallest absolute Gasteiger partial charge is 0.272 e. The summed E-state index contributed by atoms with van der Waals surface area (Å²) >= 11 is 0. The lowest BCUT2D eigenvalue weighted by atomic mass is 9.86. The number of likely N-dealkylation sites (tertiary alicyclic amines) is 1. The third-order valence-electron chi connectivity index (χ3n) is 8.97. The van der Waals surface area contributed by atoms with E-state index in [-0.39, 0.29) is 29.2 Å². The van der Waals surface area contributed by atoms with Crippen molar-refractivity contribution in [3.05, 3.63) is 53.2 Å². The number of likely N-dealkylation sites (N-methyl/N-ethyl adjacent to an activating group) is 1. The van der Waals surface area contributed by atoms with E-state index < -0.39 is 0 Å². The minimum absolute atomic E-state index is 0.0242. The second-order valence-corrected chi connectivity index (χ2v) is 13.2. The number of carbonyl (C=O) groups is 3. The number of fused-ring (bicyclic) bond motifs is 1. The number of carbonyl (C=O) groups excluding carboxylic acids is 3. The molecular weight excluding hydrogens is 556 g/mol. The number of methoxy groups -OCH3 is 1. The van der Waals surface area contributed by atoms with Gasteiger partial charge in [0.05, 0.1) is 30.0 Å². The van der Waals surface area contributed by atoms with Crippen LogP contribution in [-0.4, -0.2) is 89.9 Å². The zero-order valence-electron chi connectivity index (χ0n) is 27.1. The zero-order chi connectivity index (χ0) is 31.8. The van der Waals surface area contributed by atoms with Gasteiger partial charge >= 0.3 is 0 Å². The Balaban J connectivity index is 1.35. The molecule has 3 amide bonds. The Kier molecular flexibility index (Phi) is 9.04. The van der Waals surface area contributed by atoms with Gasteiger partial charge in [0.25, 0.3) is 5.91 Å². The summed E-state index contributed by atoms with van der Waals surface area (Å²) in [6.07, 6.45) is 2.04. The monoisotopic (exact) mass is 602 g/mol. The Hall–Kier alpha value is -3.89. The summed E-state index contributed by atoms with van der Waals surface area (Å²) in [5, 5.41) is 6.89. The van der Waals surface area contributed by atoms with Gasteiger partial charge in [-0.1, -0.05) is 39.0 Å². The molecule has 2 saturated heterocycles. The van der Waals surface area contributed by atoms with Crippen LogP contribution in [0.2, 0.25) is 0 Å². The summed E-state index contributed by atoms with van der Waals surface area (Å²) in [5.41, 5.74) is 4.41. The molecule has 1 aromatic heterocycles. The molecule has 10 nitrogen and oxygen atoms in total. The van der Waals surface area contributed by atoms with Crippen molar-refractivity contribution in [2.75, 3.05) is 57.5 Å². The summed E-state index contributed by atoms with van der Waals surface area (Å²) in [6.45, 7) is 12.5. The van der Waals surface area contributed by atoms with Crippen molar-refractivity contribution in [1.29, 1.82) is 0 Å². The average molecular weight is 603 g/mol. The zero-order valence-corrected chi connectivity index (χ0v) is 27.1. The van der Waals surface area contributed by atoms with E-state index in [2.05, 4.69) is 47.3 Å². The first-order valence-corrected chi connectivity index (χ1v) is 15.5. The molecule has 5 rings (SSSR count). The number of ether oxygens (including phenoxy) is 1. The fraction of sp³-hybridized carbons (Fsp3) is 0.500. The van der Waals surface area contributed by atoms with Gasteiger partial charge in [-0.3, -0.25) is 24.2 Å². The molecule has 0 saturated carbocycles. The molecular formula is C34H46N6O4. The van der Waals surface area contributed by atoms with Gasteiger partial charge in [0.1, 0.15) is 5.69 Å². The molecule has 44 heavy (non-hydrogen) atoms. The van der Waals surface area contributed by atoms with Gasteiger partial charge in [-0.05, 0) is 61.2 Å². The van der Waals surface area contributed by atoms with Crippen molar-refractivity contribution in [3.63, 3.8) is 0 Å². The Morgan fingerprint density at radius 2 is 1.64 bits per heavy atom. The van der Waals surface area contributed by atoms with Crippen LogP contribution in [-0.2, 0) is 28.6 Å². The molecule has 10 heteroatoms. The van der Waals surface area contributed by atoms with Crippen molar-refractivity contribution >= 4 is 40.0 Å². The van der Waals surface area contributed by atoms with Crippen LogP contribution in [0.15, 0.2) is 36.4 Å². The van der Waals surface area contributed by atoms with Crippen molar-refractivity contribution in [2.45, 2.75) is 58.5 Å². The quantitative estimate of drug-likeness (QED) is 0.415. The van der Waals surface area contributed by atoms with Crippen molar-refractivity contribution < 1.29 is 19.1 Å². The first kappa shape index (κ1) is 31.5. The van der Waals surface area contributed by atoms with Gasteiger partial charge in [-0.15, -0.1) is 0 Å². The minimum Gasteiger partial charge on any atom is -0.492 e. The van der Waals surface area contributed by atoms with Gasteiger partial charge in [0, 0.05) is 52.1 Å². The summed E-state index contributed by atoms with van der Waals surface area (Å²) in [6, 6.07) is 11.9. The second kappa shape index (κ2) is 12.6. The number of aromatic nitrogens is 1. The number of nitrogens with one attached hydrogen (secondary N) is 2. The standard InChI is InChI=1S/C34H46N6O4/c1-22(41)35-26-19-25(34(2,3)4)20-27(31(26)44-7)36-32(42)29-18-23-10-8-11-24(30(23)38(29)6)21-39-14-16-40(17-15-39)33(43)28-12-9-13-37(28)5/h8,10-11,18-20,28H,9,12-17,21H2,1-7H3,(H,35,41)(H,36,42)/t28-/m0/s1. The molecule has 0 aliphatic carbocycles. The third kappa shape index (κ3) is 6.46.